The number of amides is 1. The number of esters is 1. The number of allylic oxidation sites excluding steroid dienone is 1. The van der Waals surface area contributed by atoms with Crippen LogP contribution in [-0.4, -0.2) is 47.4 Å². The van der Waals surface area contributed by atoms with Crippen LogP contribution in [-0.2, 0) is 16.0 Å². The minimum absolute atomic E-state index is 0.0966. The van der Waals surface area contributed by atoms with Crippen molar-refractivity contribution in [1.82, 2.24) is 4.90 Å². The van der Waals surface area contributed by atoms with Crippen LogP contribution < -0.4 is 0 Å². The third kappa shape index (κ3) is 6.33. The van der Waals surface area contributed by atoms with E-state index in [1.807, 2.05) is 54.3 Å². The molecule has 190 valence electrons. The van der Waals surface area contributed by atoms with Crippen molar-refractivity contribution in [2.75, 3.05) is 13.7 Å². The summed E-state index contributed by atoms with van der Waals surface area (Å²) in [5, 5.41) is 9.68. The van der Waals surface area contributed by atoms with Crippen LogP contribution in [0.2, 0.25) is 0 Å². The zero-order chi connectivity index (χ0) is 26.4. The molecule has 3 aromatic carbocycles. The van der Waals surface area contributed by atoms with Gasteiger partial charge in [-0.05, 0) is 84.8 Å². The Morgan fingerprint density at radius 2 is 1.84 bits per heavy atom. The van der Waals surface area contributed by atoms with Crippen LogP contribution in [0, 0.1) is 6.92 Å². The van der Waals surface area contributed by atoms with Crippen LogP contribution in [0.3, 0.4) is 0 Å². The molecule has 1 saturated heterocycles. The topological polar surface area (TPSA) is 83.9 Å². The number of carbonyl (C=O) groups excluding carboxylic acids is 3. The quantitative estimate of drug-likeness (QED) is 0.239. The van der Waals surface area contributed by atoms with Crippen LogP contribution in [0.25, 0.3) is 11.1 Å². The lowest BCUT2D eigenvalue weighted by Crippen LogP contribution is -2.33. The zero-order valence-corrected chi connectivity index (χ0v) is 21.1. The van der Waals surface area contributed by atoms with Gasteiger partial charge in [-0.2, -0.15) is 0 Å². The SMILES string of the molecule is COC(=O)c1ccc(CCCN2C(=O)CC[C@@H]2/C=C/C(=O)c2cccc(-c3ccc(O)cc3C)c2)cc1. The number of ether oxygens (including phenoxy) is 1. The smallest absolute Gasteiger partial charge is 0.337 e. The van der Waals surface area contributed by atoms with Crippen molar-refractivity contribution in [3.8, 4) is 16.9 Å². The summed E-state index contributed by atoms with van der Waals surface area (Å²) in [6, 6.07) is 19.8. The van der Waals surface area contributed by atoms with E-state index in [2.05, 4.69) is 0 Å². The van der Waals surface area contributed by atoms with Crippen molar-refractivity contribution in [2.45, 2.75) is 38.6 Å². The Bertz CT molecular complexity index is 1330. The number of carbonyl (C=O) groups is 3. The van der Waals surface area contributed by atoms with E-state index >= 15 is 0 Å². The lowest BCUT2D eigenvalue weighted by molar-refractivity contribution is -0.128. The van der Waals surface area contributed by atoms with E-state index in [9.17, 15) is 19.5 Å². The molecule has 0 aromatic heterocycles. The number of aromatic hydroxyl groups is 1. The van der Waals surface area contributed by atoms with E-state index in [4.69, 9.17) is 4.74 Å². The van der Waals surface area contributed by atoms with E-state index in [1.54, 1.807) is 36.4 Å². The van der Waals surface area contributed by atoms with E-state index in [1.165, 1.54) is 7.11 Å². The van der Waals surface area contributed by atoms with Crippen LogP contribution in [0.1, 0.15) is 51.1 Å². The van der Waals surface area contributed by atoms with Gasteiger partial charge in [0.1, 0.15) is 5.75 Å². The Labute approximate surface area is 217 Å². The molecule has 0 bridgehead atoms. The summed E-state index contributed by atoms with van der Waals surface area (Å²) in [6.07, 6.45) is 6.16. The zero-order valence-electron chi connectivity index (χ0n) is 21.1. The highest BCUT2D eigenvalue weighted by Gasteiger charge is 2.28. The van der Waals surface area contributed by atoms with Crippen LogP contribution >= 0.6 is 0 Å². The van der Waals surface area contributed by atoms with Gasteiger partial charge < -0.3 is 14.7 Å². The molecule has 1 N–H and O–H groups in total. The average molecular weight is 498 g/mol. The molecule has 1 aliphatic rings. The molecule has 0 radical (unpaired) electrons. The predicted octanol–water partition coefficient (Wildman–Crippen LogP) is 5.52. The first kappa shape index (κ1) is 25.9. The second-order valence-electron chi connectivity index (χ2n) is 9.29. The summed E-state index contributed by atoms with van der Waals surface area (Å²) in [6.45, 7) is 2.53. The minimum Gasteiger partial charge on any atom is -0.508 e. The Kier molecular flexibility index (Phi) is 8.18. The largest absolute Gasteiger partial charge is 0.508 e. The van der Waals surface area contributed by atoms with Crippen molar-refractivity contribution in [3.05, 3.63) is 101 Å². The molecule has 6 heteroatoms. The predicted molar refractivity (Wildman–Crippen MR) is 143 cm³/mol. The second kappa shape index (κ2) is 11.7. The number of benzene rings is 3. The van der Waals surface area contributed by atoms with Crippen molar-refractivity contribution in [3.63, 3.8) is 0 Å². The van der Waals surface area contributed by atoms with Crippen molar-refractivity contribution in [1.29, 1.82) is 0 Å². The number of hydrogen-bond donors (Lipinski definition) is 1. The fourth-order valence-corrected chi connectivity index (χ4v) is 4.73. The van der Waals surface area contributed by atoms with Gasteiger partial charge in [0, 0.05) is 18.5 Å². The number of likely N-dealkylation sites (tertiary alicyclic amines) is 1. The first-order valence-electron chi connectivity index (χ1n) is 12.4. The highest BCUT2D eigenvalue weighted by molar-refractivity contribution is 6.05. The van der Waals surface area contributed by atoms with Crippen molar-refractivity contribution >= 4 is 17.7 Å². The molecule has 1 fully saturated rings. The van der Waals surface area contributed by atoms with Gasteiger partial charge in [0.15, 0.2) is 5.78 Å². The summed E-state index contributed by atoms with van der Waals surface area (Å²) in [4.78, 5) is 38.9. The molecule has 0 spiro atoms. The first-order chi connectivity index (χ1) is 17.9. The van der Waals surface area contributed by atoms with Gasteiger partial charge in [-0.15, -0.1) is 0 Å². The van der Waals surface area contributed by atoms with Gasteiger partial charge in [-0.3, -0.25) is 9.59 Å². The van der Waals surface area contributed by atoms with E-state index in [0.29, 0.717) is 30.5 Å². The molecule has 6 nitrogen and oxygen atoms in total. The Balaban J connectivity index is 1.37. The maximum Gasteiger partial charge on any atom is 0.337 e. The van der Waals surface area contributed by atoms with Gasteiger partial charge in [0.25, 0.3) is 0 Å². The van der Waals surface area contributed by atoms with Crippen LogP contribution in [0.4, 0.5) is 0 Å². The molecule has 3 aromatic rings. The van der Waals surface area contributed by atoms with Crippen LogP contribution in [0.5, 0.6) is 5.75 Å². The number of methoxy groups -OCH3 is 1. The molecule has 1 amide bonds. The number of rotatable bonds is 9. The van der Waals surface area contributed by atoms with Gasteiger partial charge in [0.2, 0.25) is 5.91 Å². The maximum absolute atomic E-state index is 12.9. The standard InChI is InChI=1S/C31H31NO5/c1-21-19-27(33)14-15-28(21)24-6-3-7-25(20-24)29(34)16-12-26-13-17-30(35)32(26)18-4-5-22-8-10-23(11-9-22)31(36)37-2/h3,6-12,14-16,19-20,26,33H,4-5,13,17-18H2,1-2H3/b16-12+/t26-/m0/s1. The van der Waals surface area contributed by atoms with E-state index in [-0.39, 0.29) is 29.5 Å². The summed E-state index contributed by atoms with van der Waals surface area (Å²) < 4.78 is 4.73. The number of hydrogen-bond acceptors (Lipinski definition) is 5. The first-order valence-corrected chi connectivity index (χ1v) is 12.4. The number of ketones is 1. The minimum atomic E-state index is -0.361. The van der Waals surface area contributed by atoms with Gasteiger partial charge in [-0.25, -0.2) is 4.79 Å². The lowest BCUT2D eigenvalue weighted by atomic mass is 9.97. The molecule has 1 atom stereocenters. The maximum atomic E-state index is 12.9. The number of nitrogens with zero attached hydrogens (tertiary/aromatic N) is 1. The molecule has 1 aliphatic heterocycles. The molecular weight excluding hydrogens is 466 g/mol. The number of aryl methyl sites for hydroxylation is 2. The van der Waals surface area contributed by atoms with Gasteiger partial charge in [0.05, 0.1) is 18.7 Å². The monoisotopic (exact) mass is 497 g/mol. The molecular formula is C31H31NO5. The lowest BCUT2D eigenvalue weighted by Gasteiger charge is -2.22. The highest BCUT2D eigenvalue weighted by Crippen LogP contribution is 2.27. The average Bonchev–Trinajstić information content (AvgIpc) is 3.26. The molecule has 1 heterocycles. The Morgan fingerprint density at radius 1 is 1.05 bits per heavy atom. The molecule has 0 unspecified atom stereocenters. The van der Waals surface area contributed by atoms with Crippen LogP contribution in [0.15, 0.2) is 78.9 Å². The second-order valence-corrected chi connectivity index (χ2v) is 9.29. The fraction of sp³-hybridized carbons (Fsp3) is 0.258. The van der Waals surface area contributed by atoms with E-state index in [0.717, 1.165) is 35.1 Å². The molecule has 4 rings (SSSR count). The summed E-state index contributed by atoms with van der Waals surface area (Å²) >= 11 is 0. The number of phenolic OH excluding ortho intramolecular Hbond substituents is 1. The molecule has 0 saturated carbocycles. The fourth-order valence-electron chi connectivity index (χ4n) is 4.73. The van der Waals surface area contributed by atoms with E-state index < -0.39 is 0 Å². The third-order valence-corrected chi connectivity index (χ3v) is 6.75. The van der Waals surface area contributed by atoms with Gasteiger partial charge in [-0.1, -0.05) is 42.5 Å². The normalized spacial score (nSPS) is 15.4. The number of phenols is 1. The van der Waals surface area contributed by atoms with Crippen molar-refractivity contribution in [2.24, 2.45) is 0 Å². The summed E-state index contributed by atoms with van der Waals surface area (Å²) in [5.74, 6) is -0.152. The highest BCUT2D eigenvalue weighted by atomic mass is 16.5. The summed E-state index contributed by atoms with van der Waals surface area (Å²) in [7, 11) is 1.36. The summed E-state index contributed by atoms with van der Waals surface area (Å²) in [5.41, 5.74) is 4.98. The molecule has 0 aliphatic carbocycles. The Hall–Kier alpha value is -4.19. The Morgan fingerprint density at radius 3 is 2.57 bits per heavy atom. The third-order valence-electron chi connectivity index (χ3n) is 6.75. The molecule has 37 heavy (non-hydrogen) atoms. The van der Waals surface area contributed by atoms with Gasteiger partial charge >= 0.3 is 5.97 Å². The van der Waals surface area contributed by atoms with Crippen molar-refractivity contribution < 1.29 is 24.2 Å².